The molecule has 7 unspecified atom stereocenters. The molecule has 0 radical (unpaired) electrons. The summed E-state index contributed by atoms with van der Waals surface area (Å²) in [6.07, 6.45) is 3.49. The van der Waals surface area contributed by atoms with Crippen molar-refractivity contribution in [1.82, 2.24) is 57.7 Å². The Hall–Kier alpha value is -5.64. The first-order valence-electron chi connectivity index (χ1n) is 28.3. The average Bonchev–Trinajstić information content (AvgIpc) is 3.71. The predicted octanol–water partition coefficient (Wildman–Crippen LogP) is 2.18. The lowest BCUT2D eigenvalue weighted by atomic mass is 9.95. The SMILES string of the molecule is CC[C@H](C)/C=C/C(=O)N1C[C@H](C)CC1C(=O)NC(CC(C)C)C(=O)NC(C(=O)NC(C)(C)C(=O)NC(CC(C)C)C(=O)NC(CC(C)C)C(=O)NC(C)(C)C(=O)NC(C)(C)C(=O)NCCC(=O)NC(C)CN(C)C)C(O)C(C)C. The van der Waals surface area contributed by atoms with Crippen LogP contribution >= 0.6 is 0 Å². The number of carbonyl (C=O) groups is 10. The number of nitrogens with one attached hydrogen (secondary N) is 9. The Morgan fingerprint density at radius 3 is 1.61 bits per heavy atom. The van der Waals surface area contributed by atoms with E-state index < -0.39 is 106 Å². The third-order valence-electron chi connectivity index (χ3n) is 13.6. The van der Waals surface area contributed by atoms with E-state index in [0.717, 1.165) is 6.42 Å². The number of allylic oxidation sites excluding steroid dienone is 1. The van der Waals surface area contributed by atoms with Gasteiger partial charge in [0.15, 0.2) is 0 Å². The van der Waals surface area contributed by atoms with E-state index in [1.807, 2.05) is 94.3 Å². The first kappa shape index (κ1) is 71.4. The van der Waals surface area contributed by atoms with Crippen molar-refractivity contribution in [3.05, 3.63) is 12.2 Å². The minimum atomic E-state index is -1.76. The third-order valence-corrected chi connectivity index (χ3v) is 13.6. The highest BCUT2D eigenvalue weighted by molar-refractivity contribution is 6.00. The quantitative estimate of drug-likeness (QED) is 0.0434. The fourth-order valence-corrected chi connectivity index (χ4v) is 8.79. The Labute approximate surface area is 471 Å². The van der Waals surface area contributed by atoms with Gasteiger partial charge in [0.05, 0.1) is 6.10 Å². The zero-order valence-electron chi connectivity index (χ0n) is 51.4. The lowest BCUT2D eigenvalue weighted by Gasteiger charge is -2.34. The van der Waals surface area contributed by atoms with Crippen molar-refractivity contribution >= 4 is 59.1 Å². The number of aliphatic hydroxyl groups excluding tert-OH is 1. The van der Waals surface area contributed by atoms with Crippen LogP contribution in [-0.4, -0.2) is 167 Å². The van der Waals surface area contributed by atoms with Gasteiger partial charge >= 0.3 is 0 Å². The number of hydrogen-bond donors (Lipinski definition) is 10. The van der Waals surface area contributed by atoms with E-state index >= 15 is 0 Å². The fourth-order valence-electron chi connectivity index (χ4n) is 8.79. The van der Waals surface area contributed by atoms with Gasteiger partial charge in [0.25, 0.3) is 0 Å². The second kappa shape index (κ2) is 32.0. The Morgan fingerprint density at radius 2 is 1.10 bits per heavy atom. The summed E-state index contributed by atoms with van der Waals surface area (Å²) in [4.78, 5) is 141. The largest absolute Gasteiger partial charge is 0.390 e. The number of likely N-dealkylation sites (N-methyl/N-ethyl adjacent to an activating group) is 1. The summed E-state index contributed by atoms with van der Waals surface area (Å²) in [6.45, 7) is 31.8. The molecular formula is C57H103N11O11. The van der Waals surface area contributed by atoms with Crippen LogP contribution in [0.2, 0.25) is 0 Å². The minimum Gasteiger partial charge on any atom is -0.390 e. The van der Waals surface area contributed by atoms with E-state index in [2.05, 4.69) is 47.9 Å². The maximum Gasteiger partial charge on any atom is 0.246 e. The lowest BCUT2D eigenvalue weighted by molar-refractivity contribution is -0.140. The number of rotatable bonds is 32. The Balaban J connectivity index is 3.28. The van der Waals surface area contributed by atoms with Crippen molar-refractivity contribution in [2.45, 2.75) is 222 Å². The van der Waals surface area contributed by atoms with Crippen molar-refractivity contribution in [2.24, 2.45) is 35.5 Å². The average molecular weight is 1120 g/mol. The van der Waals surface area contributed by atoms with Crippen molar-refractivity contribution in [2.75, 3.05) is 33.7 Å². The second-order valence-electron chi connectivity index (χ2n) is 25.4. The molecule has 9 atom stereocenters. The molecule has 0 aromatic carbocycles. The summed E-state index contributed by atoms with van der Waals surface area (Å²) in [6, 6.07) is -6.11. The van der Waals surface area contributed by atoms with Crippen LogP contribution in [0.4, 0.5) is 0 Å². The van der Waals surface area contributed by atoms with Gasteiger partial charge in [-0.25, -0.2) is 0 Å². The Kier molecular flexibility index (Phi) is 28.9. The van der Waals surface area contributed by atoms with Crippen molar-refractivity contribution in [3.63, 3.8) is 0 Å². The molecule has 79 heavy (non-hydrogen) atoms. The number of hydrogen-bond acceptors (Lipinski definition) is 12. The van der Waals surface area contributed by atoms with Crippen LogP contribution in [0.15, 0.2) is 12.2 Å². The van der Waals surface area contributed by atoms with E-state index in [-0.39, 0.29) is 79.7 Å². The van der Waals surface area contributed by atoms with Crippen LogP contribution < -0.4 is 47.9 Å². The van der Waals surface area contributed by atoms with Gasteiger partial charge in [-0.2, -0.15) is 0 Å². The summed E-state index contributed by atoms with van der Waals surface area (Å²) < 4.78 is 0. The summed E-state index contributed by atoms with van der Waals surface area (Å²) in [5.41, 5.74) is -4.82. The monoisotopic (exact) mass is 1120 g/mol. The van der Waals surface area contributed by atoms with E-state index in [1.165, 1.54) is 52.5 Å². The molecule has 1 fully saturated rings. The maximum atomic E-state index is 14.2. The molecule has 1 heterocycles. The van der Waals surface area contributed by atoms with Gasteiger partial charge in [-0.05, 0) is 130 Å². The van der Waals surface area contributed by atoms with E-state index in [9.17, 15) is 53.1 Å². The standard InChI is InChI=1S/C57H103N11O11/c1-21-36(10)22-23-44(70)68-30-37(11)29-42(68)50(75)61-39(26-32(2)3)48(73)63-45(46(71)35(8)9)51(76)65-56(15,16)53(78)62-40(27-33(4)5)47(72)60-41(28-34(6)7)49(74)64-57(17,18)54(79)66-55(13,14)52(77)58-25-24-43(69)59-38(12)31-67(19)20/h22-23,32-42,45-46,71H,21,24-31H2,1-20H3,(H,58,77)(H,59,69)(H,60,72)(H,61,75)(H,62,78)(H,63,73)(H,64,74)(H,65,76)(H,66,79)/b23-22+/t36-,37+,38?,39?,40?,41?,42?,45?,46?/m0/s1. The van der Waals surface area contributed by atoms with E-state index in [4.69, 9.17) is 0 Å². The molecule has 1 saturated heterocycles. The summed E-state index contributed by atoms with van der Waals surface area (Å²) in [5, 5.41) is 35.9. The molecule has 22 heteroatoms. The molecular weight excluding hydrogens is 1010 g/mol. The van der Waals surface area contributed by atoms with E-state index in [1.54, 1.807) is 13.8 Å². The van der Waals surface area contributed by atoms with Crippen LogP contribution in [0.1, 0.15) is 163 Å². The Morgan fingerprint density at radius 1 is 0.620 bits per heavy atom. The van der Waals surface area contributed by atoms with Crippen molar-refractivity contribution < 1.29 is 53.1 Å². The minimum absolute atomic E-state index is 0.0200. The first-order chi connectivity index (χ1) is 36.2. The number of carbonyl (C=O) groups excluding carboxylic acids is 10. The van der Waals surface area contributed by atoms with E-state index in [0.29, 0.717) is 19.5 Å². The van der Waals surface area contributed by atoms with Crippen LogP contribution in [0, 0.1) is 35.5 Å². The molecule has 0 aromatic rings. The molecule has 1 aliphatic rings. The lowest BCUT2D eigenvalue weighted by Crippen LogP contribution is -2.66. The molecule has 1 aliphatic heterocycles. The normalized spacial score (nSPS) is 17.8. The van der Waals surface area contributed by atoms with Crippen LogP contribution in [0.3, 0.4) is 0 Å². The van der Waals surface area contributed by atoms with Gasteiger partial charge in [0.1, 0.15) is 46.8 Å². The van der Waals surface area contributed by atoms with Crippen LogP contribution in [0.25, 0.3) is 0 Å². The molecule has 22 nitrogen and oxygen atoms in total. The molecule has 0 spiro atoms. The molecule has 10 amide bonds. The number of likely N-dealkylation sites (tertiary alicyclic amines) is 1. The molecule has 0 saturated carbocycles. The van der Waals surface area contributed by atoms with Gasteiger partial charge in [-0.15, -0.1) is 0 Å². The topological polar surface area (TPSA) is 306 Å². The summed E-state index contributed by atoms with van der Waals surface area (Å²) in [5.74, 6) is -7.00. The van der Waals surface area contributed by atoms with Crippen molar-refractivity contribution in [3.8, 4) is 0 Å². The van der Waals surface area contributed by atoms with Gasteiger partial charge in [-0.3, -0.25) is 47.9 Å². The molecule has 0 aliphatic carbocycles. The van der Waals surface area contributed by atoms with Crippen LogP contribution in [0.5, 0.6) is 0 Å². The molecule has 0 bridgehead atoms. The van der Waals surface area contributed by atoms with Crippen LogP contribution in [-0.2, 0) is 47.9 Å². The highest BCUT2D eigenvalue weighted by Crippen LogP contribution is 2.25. The summed E-state index contributed by atoms with van der Waals surface area (Å²) >= 11 is 0. The molecule has 452 valence electrons. The Bertz CT molecular complexity index is 2120. The number of nitrogens with zero attached hydrogens (tertiary/aromatic N) is 2. The van der Waals surface area contributed by atoms with Gasteiger partial charge < -0.3 is 62.8 Å². The molecule has 10 N–H and O–H groups in total. The van der Waals surface area contributed by atoms with Gasteiger partial charge in [-0.1, -0.05) is 88.7 Å². The smallest absolute Gasteiger partial charge is 0.246 e. The highest BCUT2D eigenvalue weighted by Gasteiger charge is 2.43. The molecule has 1 rings (SSSR count). The number of aliphatic hydroxyl groups is 1. The third kappa shape index (κ3) is 24.7. The highest BCUT2D eigenvalue weighted by atomic mass is 16.3. The second-order valence-corrected chi connectivity index (χ2v) is 25.4. The van der Waals surface area contributed by atoms with Crippen molar-refractivity contribution in [1.29, 1.82) is 0 Å². The van der Waals surface area contributed by atoms with Gasteiger partial charge in [0.2, 0.25) is 59.1 Å². The van der Waals surface area contributed by atoms with Gasteiger partial charge in [0, 0.05) is 32.1 Å². The maximum absolute atomic E-state index is 14.2. The zero-order chi connectivity index (χ0) is 61.1. The summed E-state index contributed by atoms with van der Waals surface area (Å²) in [7, 11) is 3.78. The first-order valence-corrected chi connectivity index (χ1v) is 28.3. The fraction of sp³-hybridized carbons (Fsp3) is 0.789. The number of amides is 10. The molecule has 0 aromatic heterocycles. The predicted molar refractivity (Wildman–Crippen MR) is 305 cm³/mol. The zero-order valence-corrected chi connectivity index (χ0v) is 51.4.